The minimum absolute atomic E-state index is 0.0221. The maximum absolute atomic E-state index is 11.7. The van der Waals surface area contributed by atoms with Crippen LogP contribution in [0, 0.1) is 17.0 Å². The number of benzene rings is 2. The van der Waals surface area contributed by atoms with E-state index in [1.165, 1.54) is 24.3 Å². The zero-order valence-corrected chi connectivity index (χ0v) is 14.1. The van der Waals surface area contributed by atoms with Gasteiger partial charge in [0.05, 0.1) is 4.92 Å². The van der Waals surface area contributed by atoms with Crippen molar-refractivity contribution in [3.05, 3.63) is 64.2 Å². The summed E-state index contributed by atoms with van der Waals surface area (Å²) in [5.74, 6) is 0.223. The van der Waals surface area contributed by atoms with Crippen LogP contribution in [0.25, 0.3) is 0 Å². The molecule has 0 aliphatic heterocycles. The Morgan fingerprint density at radius 1 is 1.16 bits per heavy atom. The summed E-state index contributed by atoms with van der Waals surface area (Å²) < 4.78 is 5.41. The van der Waals surface area contributed by atoms with Gasteiger partial charge in [-0.05, 0) is 42.9 Å². The van der Waals surface area contributed by atoms with Crippen LogP contribution in [0.3, 0.4) is 0 Å². The van der Waals surface area contributed by atoms with Crippen molar-refractivity contribution in [2.75, 3.05) is 11.9 Å². The SMILES string of the molecule is Cc1ccccc1OCC(=O)NNC(=S)Nc1ccc([N+](=O)[O-])cc1. The van der Waals surface area contributed by atoms with Crippen molar-refractivity contribution < 1.29 is 14.5 Å². The summed E-state index contributed by atoms with van der Waals surface area (Å²) in [5.41, 5.74) is 6.38. The Labute approximate surface area is 149 Å². The van der Waals surface area contributed by atoms with E-state index in [2.05, 4.69) is 16.2 Å². The first-order valence-electron chi connectivity index (χ1n) is 7.24. The second kappa shape index (κ2) is 8.60. The summed E-state index contributed by atoms with van der Waals surface area (Å²) in [6.07, 6.45) is 0. The fourth-order valence-electron chi connectivity index (χ4n) is 1.85. The van der Waals surface area contributed by atoms with E-state index in [0.717, 1.165) is 5.56 Å². The molecule has 0 saturated heterocycles. The number of carbonyl (C=O) groups is 1. The molecule has 0 fully saturated rings. The summed E-state index contributed by atoms with van der Waals surface area (Å²) >= 11 is 5.03. The Bertz CT molecular complexity index is 780. The molecule has 2 rings (SSSR count). The van der Waals surface area contributed by atoms with Crippen LogP contribution in [0.1, 0.15) is 5.56 Å². The topological polar surface area (TPSA) is 106 Å². The fraction of sp³-hybridized carbons (Fsp3) is 0.125. The van der Waals surface area contributed by atoms with E-state index in [-0.39, 0.29) is 17.4 Å². The summed E-state index contributed by atoms with van der Waals surface area (Å²) in [6.45, 7) is 1.72. The Balaban J connectivity index is 1.74. The highest BCUT2D eigenvalue weighted by molar-refractivity contribution is 7.80. The molecule has 2 aromatic carbocycles. The molecular weight excluding hydrogens is 344 g/mol. The van der Waals surface area contributed by atoms with E-state index in [9.17, 15) is 14.9 Å². The second-order valence-electron chi connectivity index (χ2n) is 4.99. The molecule has 0 radical (unpaired) electrons. The molecular formula is C16H16N4O4S. The fourth-order valence-corrected chi connectivity index (χ4v) is 2.02. The smallest absolute Gasteiger partial charge is 0.276 e. The Morgan fingerprint density at radius 2 is 1.84 bits per heavy atom. The molecule has 0 atom stereocenters. The number of non-ortho nitro benzene ring substituents is 1. The van der Waals surface area contributed by atoms with Crippen molar-refractivity contribution in [3.63, 3.8) is 0 Å². The highest BCUT2D eigenvalue weighted by Gasteiger charge is 2.07. The highest BCUT2D eigenvalue weighted by atomic mass is 32.1. The number of anilines is 1. The third-order valence-electron chi connectivity index (χ3n) is 3.10. The largest absolute Gasteiger partial charge is 0.483 e. The van der Waals surface area contributed by atoms with Crippen LogP contribution in [0.5, 0.6) is 5.75 Å². The average molecular weight is 360 g/mol. The molecule has 25 heavy (non-hydrogen) atoms. The summed E-state index contributed by atoms with van der Waals surface area (Å²) in [4.78, 5) is 21.8. The van der Waals surface area contributed by atoms with Gasteiger partial charge in [-0.1, -0.05) is 18.2 Å². The molecule has 130 valence electrons. The number of thiocarbonyl (C=S) groups is 1. The van der Waals surface area contributed by atoms with Gasteiger partial charge < -0.3 is 10.1 Å². The van der Waals surface area contributed by atoms with Gasteiger partial charge >= 0.3 is 0 Å². The molecule has 0 spiro atoms. The molecule has 8 nitrogen and oxygen atoms in total. The van der Waals surface area contributed by atoms with Crippen LogP contribution >= 0.6 is 12.2 Å². The summed E-state index contributed by atoms with van der Waals surface area (Å²) in [7, 11) is 0. The van der Waals surface area contributed by atoms with Crippen molar-refractivity contribution in [1.29, 1.82) is 0 Å². The lowest BCUT2D eigenvalue weighted by Gasteiger charge is -2.12. The van der Waals surface area contributed by atoms with Crippen molar-refractivity contribution in [2.45, 2.75) is 6.92 Å². The Hall–Kier alpha value is -3.20. The van der Waals surface area contributed by atoms with E-state index >= 15 is 0 Å². The lowest BCUT2D eigenvalue weighted by Crippen LogP contribution is -2.45. The molecule has 0 unspecified atom stereocenters. The van der Waals surface area contributed by atoms with Gasteiger partial charge in [-0.15, -0.1) is 0 Å². The zero-order chi connectivity index (χ0) is 18.2. The Kier molecular flexibility index (Phi) is 6.24. The first-order valence-corrected chi connectivity index (χ1v) is 7.65. The van der Waals surface area contributed by atoms with Crippen molar-refractivity contribution in [1.82, 2.24) is 10.9 Å². The number of amides is 1. The third-order valence-corrected chi connectivity index (χ3v) is 3.31. The van der Waals surface area contributed by atoms with Gasteiger partial charge in [0.25, 0.3) is 11.6 Å². The van der Waals surface area contributed by atoms with Crippen molar-refractivity contribution >= 4 is 34.6 Å². The van der Waals surface area contributed by atoms with Crippen molar-refractivity contribution in [2.24, 2.45) is 0 Å². The van der Waals surface area contributed by atoms with Gasteiger partial charge in [0.15, 0.2) is 11.7 Å². The third kappa shape index (κ3) is 5.74. The van der Waals surface area contributed by atoms with Crippen LogP contribution in [0.15, 0.2) is 48.5 Å². The van der Waals surface area contributed by atoms with Gasteiger partial charge in [0.1, 0.15) is 5.75 Å². The number of hydrogen-bond acceptors (Lipinski definition) is 5. The molecule has 0 aliphatic carbocycles. The van der Waals surface area contributed by atoms with Gasteiger partial charge in [-0.2, -0.15) is 0 Å². The monoisotopic (exact) mass is 360 g/mol. The first kappa shape index (κ1) is 18.1. The standard InChI is InChI=1S/C16H16N4O4S/c1-11-4-2-3-5-14(11)24-10-15(21)18-19-16(25)17-12-6-8-13(9-7-12)20(22)23/h2-9H,10H2,1H3,(H,18,21)(H2,17,19,25). The molecule has 2 aromatic rings. The number of hydrazine groups is 1. The number of para-hydroxylation sites is 1. The van der Waals surface area contributed by atoms with Crippen LogP contribution in [0.2, 0.25) is 0 Å². The number of hydrogen-bond donors (Lipinski definition) is 3. The van der Waals surface area contributed by atoms with Gasteiger partial charge in [-0.25, -0.2) is 0 Å². The highest BCUT2D eigenvalue weighted by Crippen LogP contribution is 2.16. The van der Waals surface area contributed by atoms with Crippen LogP contribution in [-0.2, 0) is 4.79 Å². The molecule has 1 amide bonds. The maximum atomic E-state index is 11.7. The molecule has 0 aromatic heterocycles. The number of carbonyl (C=O) groups excluding carboxylic acids is 1. The zero-order valence-electron chi connectivity index (χ0n) is 13.3. The number of nitrogens with one attached hydrogen (secondary N) is 3. The molecule has 9 heteroatoms. The predicted molar refractivity (Wildman–Crippen MR) is 97.3 cm³/mol. The number of nitrogens with zero attached hydrogens (tertiary/aromatic N) is 1. The Morgan fingerprint density at radius 3 is 2.48 bits per heavy atom. The first-order chi connectivity index (χ1) is 12.0. The molecule has 0 aliphatic rings. The van der Waals surface area contributed by atoms with E-state index < -0.39 is 10.8 Å². The predicted octanol–water partition coefficient (Wildman–Crippen LogP) is 2.30. The average Bonchev–Trinajstić information content (AvgIpc) is 2.59. The minimum atomic E-state index is -0.491. The molecule has 0 heterocycles. The quantitative estimate of drug-likeness (QED) is 0.427. The number of aryl methyl sites for hydroxylation is 1. The second-order valence-corrected chi connectivity index (χ2v) is 5.39. The molecule has 0 saturated carbocycles. The number of ether oxygens (including phenoxy) is 1. The normalized spacial score (nSPS) is 9.80. The van der Waals surface area contributed by atoms with E-state index in [0.29, 0.717) is 11.4 Å². The summed E-state index contributed by atoms with van der Waals surface area (Å²) in [6, 6.07) is 13.1. The molecule has 3 N–H and O–H groups in total. The van der Waals surface area contributed by atoms with Crippen molar-refractivity contribution in [3.8, 4) is 5.75 Å². The van der Waals surface area contributed by atoms with E-state index in [1.807, 2.05) is 25.1 Å². The minimum Gasteiger partial charge on any atom is -0.483 e. The number of nitro benzene ring substituents is 1. The molecule has 0 bridgehead atoms. The van der Waals surface area contributed by atoms with E-state index in [4.69, 9.17) is 17.0 Å². The number of rotatable bonds is 5. The van der Waals surface area contributed by atoms with E-state index in [1.54, 1.807) is 6.07 Å². The summed E-state index contributed by atoms with van der Waals surface area (Å²) in [5, 5.41) is 13.5. The van der Waals surface area contributed by atoms with Crippen LogP contribution < -0.4 is 20.9 Å². The number of nitro groups is 1. The van der Waals surface area contributed by atoms with Gasteiger partial charge in [0, 0.05) is 17.8 Å². The lowest BCUT2D eigenvalue weighted by atomic mass is 10.2. The van der Waals surface area contributed by atoms with Gasteiger partial charge in [-0.3, -0.25) is 25.8 Å². The maximum Gasteiger partial charge on any atom is 0.276 e. The van der Waals surface area contributed by atoms with Crippen LogP contribution in [0.4, 0.5) is 11.4 Å². The van der Waals surface area contributed by atoms with Gasteiger partial charge in [0.2, 0.25) is 0 Å². The van der Waals surface area contributed by atoms with Crippen LogP contribution in [-0.4, -0.2) is 22.5 Å². The lowest BCUT2D eigenvalue weighted by molar-refractivity contribution is -0.384.